The fourth-order valence-corrected chi connectivity index (χ4v) is 2.92. The van der Waals surface area contributed by atoms with E-state index in [2.05, 4.69) is 0 Å². The van der Waals surface area contributed by atoms with E-state index in [1.54, 1.807) is 61.0 Å². The second kappa shape index (κ2) is 8.75. The average molecular weight is 366 g/mol. The summed E-state index contributed by atoms with van der Waals surface area (Å²) in [6.07, 6.45) is 2.45. The summed E-state index contributed by atoms with van der Waals surface area (Å²) in [6, 6.07) is 14.0. The van der Waals surface area contributed by atoms with Gasteiger partial charge in [0.1, 0.15) is 13.2 Å². The van der Waals surface area contributed by atoms with Crippen LogP contribution in [0.25, 0.3) is 0 Å². The van der Waals surface area contributed by atoms with Gasteiger partial charge in [-0.1, -0.05) is 24.3 Å². The van der Waals surface area contributed by atoms with Gasteiger partial charge in [0.15, 0.2) is 0 Å². The Bertz CT molecular complexity index is 675. The lowest BCUT2D eigenvalue weighted by atomic mass is 10.2. The molecule has 0 radical (unpaired) electrons. The van der Waals surface area contributed by atoms with Gasteiger partial charge in [0.05, 0.1) is 0 Å². The van der Waals surface area contributed by atoms with Crippen LogP contribution in [0.2, 0.25) is 0 Å². The number of carbonyl (C=O) groups excluding carboxylic acids is 1. The summed E-state index contributed by atoms with van der Waals surface area (Å²) in [5.74, 6) is 0. The lowest BCUT2D eigenvalue weighted by molar-refractivity contribution is 0.0446. The minimum atomic E-state index is -1.03. The zero-order chi connectivity index (χ0) is 17.5. The number of hydrogen-bond donors (Lipinski definition) is 0. The molecule has 5 nitrogen and oxygen atoms in total. The second-order valence-electron chi connectivity index (χ2n) is 5.02. The first kappa shape index (κ1) is 18.4. The number of rotatable bonds is 6. The highest BCUT2D eigenvalue weighted by Gasteiger charge is 2.06. The van der Waals surface area contributed by atoms with Gasteiger partial charge in [-0.2, -0.15) is 0 Å². The Morgan fingerprint density at radius 2 is 1.08 bits per heavy atom. The van der Waals surface area contributed by atoms with Crippen molar-refractivity contribution in [1.29, 1.82) is 0 Å². The summed E-state index contributed by atoms with van der Waals surface area (Å²) in [5.41, 5.74) is 1.58. The smallest absolute Gasteiger partial charge is 0.429 e. The van der Waals surface area contributed by atoms with E-state index in [9.17, 15) is 13.2 Å². The molecule has 2 rings (SSSR count). The molecule has 2 aromatic carbocycles. The van der Waals surface area contributed by atoms with E-state index >= 15 is 0 Å². The molecule has 0 bridgehead atoms. The molecule has 2 unspecified atom stereocenters. The van der Waals surface area contributed by atoms with Crippen LogP contribution in [0, 0.1) is 0 Å². The normalized spacial score (nSPS) is 13.1. The van der Waals surface area contributed by atoms with Crippen LogP contribution in [-0.4, -0.2) is 27.1 Å². The lowest BCUT2D eigenvalue weighted by Crippen LogP contribution is -2.07. The predicted molar refractivity (Wildman–Crippen MR) is 92.5 cm³/mol. The van der Waals surface area contributed by atoms with Gasteiger partial charge in [0.2, 0.25) is 0 Å². The molecule has 0 heterocycles. The van der Waals surface area contributed by atoms with Gasteiger partial charge < -0.3 is 9.47 Å². The van der Waals surface area contributed by atoms with Gasteiger partial charge in [-0.15, -0.1) is 0 Å². The Hall–Kier alpha value is -1.99. The number of benzene rings is 2. The van der Waals surface area contributed by atoms with Gasteiger partial charge in [-0.3, -0.25) is 8.42 Å². The van der Waals surface area contributed by atoms with Crippen LogP contribution in [-0.2, 0) is 44.3 Å². The molecule has 0 saturated heterocycles. The van der Waals surface area contributed by atoms with Crippen molar-refractivity contribution >= 4 is 27.8 Å². The van der Waals surface area contributed by atoms with Gasteiger partial charge in [0, 0.05) is 43.9 Å². The Kier molecular flexibility index (Phi) is 6.69. The molecular weight excluding hydrogens is 348 g/mol. The van der Waals surface area contributed by atoms with E-state index in [0.29, 0.717) is 0 Å². The van der Waals surface area contributed by atoms with E-state index in [4.69, 9.17) is 9.47 Å². The SMILES string of the molecule is CS(=O)c1ccc(COC(=O)OCc2ccc(S(C)=O)cc2)cc1. The average Bonchev–Trinajstić information content (AvgIpc) is 2.58. The summed E-state index contributed by atoms with van der Waals surface area (Å²) in [6.45, 7) is 0.173. The molecule has 128 valence electrons. The largest absolute Gasteiger partial charge is 0.508 e. The first-order chi connectivity index (χ1) is 11.5. The molecule has 0 saturated carbocycles. The number of carbonyl (C=O) groups is 1. The van der Waals surface area contributed by atoms with E-state index in [1.807, 2.05) is 0 Å². The monoisotopic (exact) mass is 366 g/mol. The van der Waals surface area contributed by atoms with Crippen molar-refractivity contribution in [2.75, 3.05) is 12.5 Å². The molecule has 0 spiro atoms. The van der Waals surface area contributed by atoms with Crippen LogP contribution in [0.3, 0.4) is 0 Å². The molecule has 0 amide bonds. The van der Waals surface area contributed by atoms with Crippen LogP contribution in [0.15, 0.2) is 58.3 Å². The Labute approximate surface area is 145 Å². The minimum absolute atomic E-state index is 0.0865. The van der Waals surface area contributed by atoms with Crippen molar-refractivity contribution in [3.63, 3.8) is 0 Å². The summed E-state index contributed by atoms with van der Waals surface area (Å²) in [4.78, 5) is 13.0. The molecule has 0 aliphatic heterocycles. The van der Waals surface area contributed by atoms with Crippen molar-refractivity contribution < 1.29 is 22.7 Å². The predicted octanol–water partition coefficient (Wildman–Crippen LogP) is 3.01. The standard InChI is InChI=1S/C17H18O5S2/c1-23(19)15-7-3-13(4-8-15)11-21-17(18)22-12-14-5-9-16(10-6-14)24(2)20/h3-10H,11-12H2,1-2H3. The summed E-state index contributed by atoms with van der Waals surface area (Å²) >= 11 is 0. The highest BCUT2D eigenvalue weighted by atomic mass is 32.2. The lowest BCUT2D eigenvalue weighted by Gasteiger charge is -2.07. The van der Waals surface area contributed by atoms with Crippen LogP contribution < -0.4 is 0 Å². The van der Waals surface area contributed by atoms with Gasteiger partial charge in [0.25, 0.3) is 0 Å². The number of hydrogen-bond acceptors (Lipinski definition) is 5. The Morgan fingerprint density at radius 1 is 0.750 bits per heavy atom. The first-order valence-electron chi connectivity index (χ1n) is 7.10. The molecule has 2 aromatic rings. The van der Waals surface area contributed by atoms with Crippen LogP contribution in [0.1, 0.15) is 11.1 Å². The van der Waals surface area contributed by atoms with Crippen molar-refractivity contribution in [2.24, 2.45) is 0 Å². The molecule has 2 atom stereocenters. The zero-order valence-corrected chi connectivity index (χ0v) is 15.0. The van der Waals surface area contributed by atoms with E-state index in [0.717, 1.165) is 20.9 Å². The van der Waals surface area contributed by atoms with Crippen molar-refractivity contribution in [3.05, 3.63) is 59.7 Å². The fourth-order valence-electron chi connectivity index (χ4n) is 1.88. The first-order valence-corrected chi connectivity index (χ1v) is 10.2. The molecule has 0 aliphatic carbocycles. The van der Waals surface area contributed by atoms with Crippen molar-refractivity contribution in [3.8, 4) is 0 Å². The third-order valence-electron chi connectivity index (χ3n) is 3.22. The molecule has 0 N–H and O–H groups in total. The van der Waals surface area contributed by atoms with Gasteiger partial charge >= 0.3 is 6.16 Å². The van der Waals surface area contributed by atoms with E-state index in [-0.39, 0.29) is 13.2 Å². The maximum Gasteiger partial charge on any atom is 0.508 e. The Balaban J connectivity index is 1.78. The summed E-state index contributed by atoms with van der Waals surface area (Å²) in [7, 11) is -2.06. The maximum absolute atomic E-state index is 11.6. The highest BCUT2D eigenvalue weighted by molar-refractivity contribution is 7.84. The molecule has 7 heteroatoms. The van der Waals surface area contributed by atoms with Gasteiger partial charge in [-0.25, -0.2) is 4.79 Å². The maximum atomic E-state index is 11.6. The summed E-state index contributed by atoms with van der Waals surface area (Å²) in [5, 5.41) is 0. The topological polar surface area (TPSA) is 69.7 Å². The molecule has 24 heavy (non-hydrogen) atoms. The second-order valence-corrected chi connectivity index (χ2v) is 7.78. The van der Waals surface area contributed by atoms with Crippen LogP contribution in [0.5, 0.6) is 0 Å². The van der Waals surface area contributed by atoms with Crippen LogP contribution >= 0.6 is 0 Å². The third-order valence-corrected chi connectivity index (χ3v) is 5.10. The van der Waals surface area contributed by atoms with Crippen molar-refractivity contribution in [2.45, 2.75) is 23.0 Å². The number of ether oxygens (including phenoxy) is 2. The molecular formula is C17H18O5S2. The molecule has 0 fully saturated rings. The third kappa shape index (κ3) is 5.58. The quantitative estimate of drug-likeness (QED) is 0.735. The zero-order valence-electron chi connectivity index (χ0n) is 13.4. The molecule has 0 aliphatic rings. The minimum Gasteiger partial charge on any atom is -0.429 e. The van der Waals surface area contributed by atoms with Crippen molar-refractivity contribution in [1.82, 2.24) is 0 Å². The fraction of sp³-hybridized carbons (Fsp3) is 0.235. The molecule has 0 aromatic heterocycles. The highest BCUT2D eigenvalue weighted by Crippen LogP contribution is 2.11. The van der Waals surface area contributed by atoms with E-state index in [1.165, 1.54) is 0 Å². The Morgan fingerprint density at radius 3 is 1.38 bits per heavy atom. The van der Waals surface area contributed by atoms with Gasteiger partial charge in [-0.05, 0) is 35.4 Å². The van der Waals surface area contributed by atoms with Crippen LogP contribution in [0.4, 0.5) is 4.79 Å². The summed E-state index contributed by atoms with van der Waals surface area (Å²) < 4.78 is 32.6. The van der Waals surface area contributed by atoms with E-state index < -0.39 is 27.8 Å².